The number of hydrogen-bond acceptors (Lipinski definition) is 6. The molecule has 0 radical (unpaired) electrons. The SMILES string of the molecule is NC(=O)c1nccn1-c1cn(-c2ccc([N+](=O)[O-])cn2)nc1C(F)(F)F. The van der Waals surface area contributed by atoms with Gasteiger partial charge in [-0.15, -0.1) is 0 Å². The maximum Gasteiger partial charge on any atom is 0.437 e. The zero-order valence-corrected chi connectivity index (χ0v) is 12.6. The van der Waals surface area contributed by atoms with E-state index in [1.54, 1.807) is 0 Å². The van der Waals surface area contributed by atoms with Gasteiger partial charge in [0.05, 0.1) is 16.8 Å². The molecule has 13 heteroatoms. The lowest BCUT2D eigenvalue weighted by Crippen LogP contribution is -2.19. The second kappa shape index (κ2) is 5.94. The third-order valence-electron chi connectivity index (χ3n) is 3.26. The van der Waals surface area contributed by atoms with Gasteiger partial charge in [0, 0.05) is 18.5 Å². The first-order chi connectivity index (χ1) is 12.2. The van der Waals surface area contributed by atoms with Crippen LogP contribution in [0.1, 0.15) is 16.3 Å². The van der Waals surface area contributed by atoms with Crippen molar-refractivity contribution in [2.45, 2.75) is 6.18 Å². The lowest BCUT2D eigenvalue weighted by Gasteiger charge is -2.07. The molecule has 0 fully saturated rings. The molecule has 0 aliphatic heterocycles. The standard InChI is InChI=1S/C13H8F3N7O3/c14-13(15,16)10-8(21-4-3-18-12(21)11(17)24)6-22(20-10)9-2-1-7(5-19-9)23(25)26/h1-6H,(H2,17,24). The molecule has 0 atom stereocenters. The Morgan fingerprint density at radius 2 is 2.00 bits per heavy atom. The van der Waals surface area contributed by atoms with Crippen molar-refractivity contribution in [1.82, 2.24) is 24.3 Å². The van der Waals surface area contributed by atoms with E-state index in [-0.39, 0.29) is 11.5 Å². The Kier molecular flexibility index (Phi) is 3.90. The highest BCUT2D eigenvalue weighted by Gasteiger charge is 2.39. The highest BCUT2D eigenvalue weighted by Crippen LogP contribution is 2.33. The van der Waals surface area contributed by atoms with Crippen molar-refractivity contribution in [2.24, 2.45) is 5.73 Å². The lowest BCUT2D eigenvalue weighted by molar-refractivity contribution is -0.385. The van der Waals surface area contributed by atoms with Crippen LogP contribution in [0.15, 0.2) is 36.9 Å². The number of pyridine rings is 1. The van der Waals surface area contributed by atoms with Crippen LogP contribution in [0.2, 0.25) is 0 Å². The topological polar surface area (TPSA) is 135 Å². The first kappa shape index (κ1) is 17.1. The third kappa shape index (κ3) is 2.97. The number of nitrogens with two attached hydrogens (primary N) is 1. The quantitative estimate of drug-likeness (QED) is 0.548. The van der Waals surface area contributed by atoms with Crippen LogP contribution in [0.3, 0.4) is 0 Å². The minimum absolute atomic E-state index is 0.0897. The summed E-state index contributed by atoms with van der Waals surface area (Å²) in [5.74, 6) is -1.52. The van der Waals surface area contributed by atoms with E-state index >= 15 is 0 Å². The fraction of sp³-hybridized carbons (Fsp3) is 0.0769. The highest BCUT2D eigenvalue weighted by molar-refractivity contribution is 5.89. The number of amides is 1. The van der Waals surface area contributed by atoms with Crippen LogP contribution in [0.25, 0.3) is 11.5 Å². The summed E-state index contributed by atoms with van der Waals surface area (Å²) in [7, 11) is 0. The monoisotopic (exact) mass is 367 g/mol. The van der Waals surface area contributed by atoms with Gasteiger partial charge in [-0.25, -0.2) is 14.6 Å². The zero-order chi connectivity index (χ0) is 19.1. The number of primary amides is 1. The molecular formula is C13H8F3N7O3. The molecule has 26 heavy (non-hydrogen) atoms. The summed E-state index contributed by atoms with van der Waals surface area (Å²) in [6.45, 7) is 0. The molecular weight excluding hydrogens is 359 g/mol. The molecule has 10 nitrogen and oxygen atoms in total. The Morgan fingerprint density at radius 3 is 2.54 bits per heavy atom. The Balaban J connectivity index is 2.15. The van der Waals surface area contributed by atoms with Crippen molar-refractivity contribution in [3.05, 3.63) is 58.6 Å². The second-order valence-corrected chi connectivity index (χ2v) is 4.92. The summed E-state index contributed by atoms with van der Waals surface area (Å²) in [5, 5.41) is 14.1. The molecule has 0 bridgehead atoms. The van der Waals surface area contributed by atoms with Crippen LogP contribution in [0.5, 0.6) is 0 Å². The van der Waals surface area contributed by atoms with Gasteiger partial charge in [-0.3, -0.25) is 19.5 Å². The van der Waals surface area contributed by atoms with Gasteiger partial charge in [-0.1, -0.05) is 0 Å². The number of aromatic nitrogens is 5. The van der Waals surface area contributed by atoms with E-state index < -0.39 is 34.2 Å². The average molecular weight is 367 g/mol. The Labute approximate surface area is 141 Å². The van der Waals surface area contributed by atoms with E-state index in [2.05, 4.69) is 15.1 Å². The third-order valence-corrected chi connectivity index (χ3v) is 3.26. The molecule has 134 valence electrons. The van der Waals surface area contributed by atoms with Crippen molar-refractivity contribution in [3.8, 4) is 11.5 Å². The summed E-state index contributed by atoms with van der Waals surface area (Å²) in [6.07, 6.45) is -0.761. The van der Waals surface area contributed by atoms with Gasteiger partial charge in [-0.05, 0) is 6.07 Å². The van der Waals surface area contributed by atoms with Gasteiger partial charge in [0.25, 0.3) is 11.6 Å². The van der Waals surface area contributed by atoms with Crippen LogP contribution in [-0.4, -0.2) is 35.1 Å². The fourth-order valence-electron chi connectivity index (χ4n) is 2.16. The van der Waals surface area contributed by atoms with E-state index in [0.29, 0.717) is 0 Å². The number of rotatable bonds is 4. The van der Waals surface area contributed by atoms with Gasteiger partial charge in [0.2, 0.25) is 5.82 Å². The molecule has 3 aromatic heterocycles. The molecule has 2 N–H and O–H groups in total. The van der Waals surface area contributed by atoms with E-state index in [0.717, 1.165) is 46.2 Å². The van der Waals surface area contributed by atoms with Gasteiger partial charge in [0.1, 0.15) is 6.20 Å². The number of carbonyl (C=O) groups is 1. The van der Waals surface area contributed by atoms with Gasteiger partial charge < -0.3 is 5.73 Å². The second-order valence-electron chi connectivity index (χ2n) is 4.92. The summed E-state index contributed by atoms with van der Waals surface area (Å²) >= 11 is 0. The normalized spacial score (nSPS) is 11.5. The fourth-order valence-corrected chi connectivity index (χ4v) is 2.16. The number of carbonyl (C=O) groups excluding carboxylic acids is 1. The van der Waals surface area contributed by atoms with Crippen LogP contribution >= 0.6 is 0 Å². The van der Waals surface area contributed by atoms with Crippen LogP contribution in [0, 0.1) is 10.1 Å². The maximum absolute atomic E-state index is 13.3. The molecule has 0 aliphatic rings. The van der Waals surface area contributed by atoms with Crippen molar-refractivity contribution in [1.29, 1.82) is 0 Å². The van der Waals surface area contributed by atoms with E-state index in [4.69, 9.17) is 5.73 Å². The first-order valence-corrected chi connectivity index (χ1v) is 6.79. The molecule has 0 spiro atoms. The summed E-state index contributed by atoms with van der Waals surface area (Å²) in [5.41, 5.74) is 2.98. The minimum atomic E-state index is -4.85. The number of alkyl halides is 3. The van der Waals surface area contributed by atoms with Gasteiger partial charge in [0.15, 0.2) is 11.5 Å². The average Bonchev–Trinajstić information content (AvgIpc) is 3.21. The van der Waals surface area contributed by atoms with Crippen molar-refractivity contribution >= 4 is 11.6 Å². The zero-order valence-electron chi connectivity index (χ0n) is 12.6. The maximum atomic E-state index is 13.3. The molecule has 3 heterocycles. The number of nitrogens with zero attached hydrogens (tertiary/aromatic N) is 6. The number of imidazole rings is 1. The Morgan fingerprint density at radius 1 is 1.27 bits per heavy atom. The molecule has 0 aromatic carbocycles. The van der Waals surface area contributed by atoms with Crippen LogP contribution < -0.4 is 5.73 Å². The minimum Gasteiger partial charge on any atom is -0.363 e. The number of halogens is 3. The molecule has 3 aromatic rings. The van der Waals surface area contributed by atoms with Gasteiger partial charge in [-0.2, -0.15) is 18.3 Å². The van der Waals surface area contributed by atoms with Crippen LogP contribution in [0.4, 0.5) is 18.9 Å². The van der Waals surface area contributed by atoms with Crippen LogP contribution in [-0.2, 0) is 6.18 Å². The van der Waals surface area contributed by atoms with Crippen molar-refractivity contribution in [3.63, 3.8) is 0 Å². The van der Waals surface area contributed by atoms with E-state index in [1.165, 1.54) is 0 Å². The van der Waals surface area contributed by atoms with Crippen molar-refractivity contribution in [2.75, 3.05) is 0 Å². The summed E-state index contributed by atoms with van der Waals surface area (Å²) in [6, 6.07) is 2.21. The molecule has 0 aliphatic carbocycles. The van der Waals surface area contributed by atoms with Gasteiger partial charge >= 0.3 is 6.18 Å². The predicted molar refractivity (Wildman–Crippen MR) is 78.7 cm³/mol. The Hall–Kier alpha value is -3.77. The number of nitro groups is 1. The largest absolute Gasteiger partial charge is 0.437 e. The molecule has 0 unspecified atom stereocenters. The molecule has 3 rings (SSSR count). The predicted octanol–water partition coefficient (Wildman–Crippen LogP) is 1.48. The smallest absolute Gasteiger partial charge is 0.363 e. The highest BCUT2D eigenvalue weighted by atomic mass is 19.4. The molecule has 1 amide bonds. The number of hydrogen-bond donors (Lipinski definition) is 1. The van der Waals surface area contributed by atoms with E-state index in [9.17, 15) is 28.1 Å². The Bertz CT molecular complexity index is 991. The molecule has 0 saturated heterocycles. The lowest BCUT2D eigenvalue weighted by atomic mass is 10.3. The first-order valence-electron chi connectivity index (χ1n) is 6.79. The molecule has 0 saturated carbocycles. The summed E-state index contributed by atoms with van der Waals surface area (Å²) < 4.78 is 41.6. The summed E-state index contributed by atoms with van der Waals surface area (Å²) in [4.78, 5) is 28.6. The van der Waals surface area contributed by atoms with Crippen molar-refractivity contribution < 1.29 is 22.9 Å². The van der Waals surface area contributed by atoms with E-state index in [1.807, 2.05) is 0 Å².